The summed E-state index contributed by atoms with van der Waals surface area (Å²) in [5.74, 6) is 2.34. The molecule has 0 spiro atoms. The van der Waals surface area contributed by atoms with Crippen molar-refractivity contribution in [1.29, 1.82) is 0 Å². The van der Waals surface area contributed by atoms with E-state index in [0.717, 1.165) is 31.1 Å². The maximum absolute atomic E-state index is 13.5. The number of likely N-dealkylation sites (tertiary alicyclic amines) is 1. The third kappa shape index (κ3) is 3.85. The van der Waals surface area contributed by atoms with Gasteiger partial charge in [-0.1, -0.05) is 30.3 Å². The van der Waals surface area contributed by atoms with Crippen molar-refractivity contribution in [3.05, 3.63) is 84.7 Å². The van der Waals surface area contributed by atoms with E-state index in [4.69, 9.17) is 4.74 Å². The highest BCUT2D eigenvalue weighted by molar-refractivity contribution is 5.90. The molecule has 6 heteroatoms. The molecule has 4 aliphatic rings. The number of carbonyl (C=O) groups is 1. The van der Waals surface area contributed by atoms with Crippen molar-refractivity contribution in [3.63, 3.8) is 0 Å². The van der Waals surface area contributed by atoms with Gasteiger partial charge in [0.2, 0.25) is 0 Å². The van der Waals surface area contributed by atoms with Crippen LogP contribution in [-0.4, -0.2) is 52.5 Å². The molecular weight excluding hydrogens is 412 g/mol. The number of hydrogen-bond acceptors (Lipinski definition) is 4. The quantitative estimate of drug-likeness (QED) is 0.623. The lowest BCUT2D eigenvalue weighted by Gasteiger charge is -2.51. The average Bonchev–Trinajstić information content (AvgIpc) is 3.30. The number of benzene rings is 2. The van der Waals surface area contributed by atoms with Gasteiger partial charge in [-0.15, -0.1) is 0 Å². The molecule has 4 aliphatic heterocycles. The third-order valence-corrected chi connectivity index (χ3v) is 7.43. The van der Waals surface area contributed by atoms with Gasteiger partial charge in [0.1, 0.15) is 11.5 Å². The minimum absolute atomic E-state index is 0.0259. The zero-order chi connectivity index (χ0) is 22.2. The van der Waals surface area contributed by atoms with Gasteiger partial charge in [-0.05, 0) is 67.7 Å². The Morgan fingerprint density at radius 1 is 0.939 bits per heavy atom. The zero-order valence-electron chi connectivity index (χ0n) is 18.5. The van der Waals surface area contributed by atoms with Crippen LogP contribution in [0.4, 0.5) is 10.5 Å². The lowest BCUT2D eigenvalue weighted by Crippen LogP contribution is -2.61. The van der Waals surface area contributed by atoms with Crippen molar-refractivity contribution in [2.75, 3.05) is 25.0 Å². The molecule has 2 amide bonds. The average molecular weight is 441 g/mol. The number of hydrogen-bond donors (Lipinski definition) is 1. The summed E-state index contributed by atoms with van der Waals surface area (Å²) in [5, 5.41) is 3.15. The van der Waals surface area contributed by atoms with Gasteiger partial charge in [0.15, 0.2) is 0 Å². The molecule has 1 N–H and O–H groups in total. The number of nitrogens with zero attached hydrogens (tertiary/aromatic N) is 3. The SMILES string of the molecule is O=C(Nc1cccc(Oc2ccccc2)c1)N1CC(c2cccnc2)C2C1C1CCN2CC1. The first-order valence-electron chi connectivity index (χ1n) is 11.8. The first kappa shape index (κ1) is 20.2. The number of aromatic nitrogens is 1. The normalized spacial score (nSPS) is 27.8. The van der Waals surface area contributed by atoms with Crippen LogP contribution in [0.1, 0.15) is 24.3 Å². The van der Waals surface area contributed by atoms with E-state index >= 15 is 0 Å². The summed E-state index contributed by atoms with van der Waals surface area (Å²) in [6, 6.07) is 22.0. The number of pyridine rings is 1. The Hall–Kier alpha value is -3.38. The number of piperidine rings is 3. The first-order valence-corrected chi connectivity index (χ1v) is 11.8. The fraction of sp³-hybridized carbons (Fsp3) is 0.333. The minimum Gasteiger partial charge on any atom is -0.457 e. The highest BCUT2D eigenvalue weighted by atomic mass is 16.5. The largest absolute Gasteiger partial charge is 0.457 e. The van der Waals surface area contributed by atoms with Crippen LogP contribution < -0.4 is 10.1 Å². The van der Waals surface area contributed by atoms with Crippen LogP contribution in [0.5, 0.6) is 11.5 Å². The second-order valence-corrected chi connectivity index (χ2v) is 9.27. The predicted molar refractivity (Wildman–Crippen MR) is 128 cm³/mol. The molecule has 3 unspecified atom stereocenters. The lowest BCUT2D eigenvalue weighted by molar-refractivity contribution is 0.00493. The number of anilines is 1. The van der Waals surface area contributed by atoms with Crippen LogP contribution in [0.25, 0.3) is 0 Å². The summed E-state index contributed by atoms with van der Waals surface area (Å²) in [6.07, 6.45) is 6.13. The van der Waals surface area contributed by atoms with E-state index in [2.05, 4.69) is 26.2 Å². The molecule has 0 radical (unpaired) electrons. The van der Waals surface area contributed by atoms with E-state index in [1.807, 2.05) is 73.1 Å². The van der Waals surface area contributed by atoms with Crippen LogP contribution in [0.2, 0.25) is 0 Å². The molecule has 7 rings (SSSR count). The second kappa shape index (κ2) is 8.52. The van der Waals surface area contributed by atoms with Crippen LogP contribution in [-0.2, 0) is 0 Å². The zero-order valence-corrected chi connectivity index (χ0v) is 18.5. The van der Waals surface area contributed by atoms with Gasteiger partial charge in [-0.3, -0.25) is 9.88 Å². The number of fused-ring (bicyclic) bond motifs is 2. The third-order valence-electron chi connectivity index (χ3n) is 7.43. The van der Waals surface area contributed by atoms with Crippen LogP contribution >= 0.6 is 0 Å². The number of carbonyl (C=O) groups excluding carboxylic acids is 1. The van der Waals surface area contributed by atoms with E-state index in [9.17, 15) is 4.79 Å². The van der Waals surface area contributed by atoms with Gasteiger partial charge in [0.05, 0.1) is 6.04 Å². The maximum atomic E-state index is 13.5. The number of amides is 2. The van der Waals surface area contributed by atoms with Crippen molar-refractivity contribution >= 4 is 11.7 Å². The summed E-state index contributed by atoms with van der Waals surface area (Å²) < 4.78 is 5.95. The highest BCUT2D eigenvalue weighted by Gasteiger charge is 2.54. The molecule has 33 heavy (non-hydrogen) atoms. The Labute approximate surface area is 194 Å². The molecule has 0 saturated carbocycles. The van der Waals surface area contributed by atoms with Crippen LogP contribution in [0.3, 0.4) is 0 Å². The molecule has 0 aliphatic carbocycles. The lowest BCUT2D eigenvalue weighted by atomic mass is 9.75. The van der Waals surface area contributed by atoms with Crippen LogP contribution in [0, 0.1) is 5.92 Å². The predicted octanol–water partition coefficient (Wildman–Crippen LogP) is 4.97. The van der Waals surface area contributed by atoms with E-state index in [0.29, 0.717) is 23.6 Å². The van der Waals surface area contributed by atoms with Crippen molar-refractivity contribution < 1.29 is 9.53 Å². The molecule has 4 fully saturated rings. The summed E-state index contributed by atoms with van der Waals surface area (Å²) in [7, 11) is 0. The van der Waals surface area contributed by atoms with Crippen molar-refractivity contribution in [2.24, 2.45) is 5.92 Å². The molecule has 2 bridgehead atoms. The number of ether oxygens (including phenoxy) is 1. The fourth-order valence-electron chi connectivity index (χ4n) is 6.00. The molecule has 4 saturated heterocycles. The Balaban J connectivity index is 1.23. The van der Waals surface area contributed by atoms with Crippen LogP contribution in [0.15, 0.2) is 79.1 Å². The van der Waals surface area contributed by atoms with Gasteiger partial charge >= 0.3 is 6.03 Å². The monoisotopic (exact) mass is 440 g/mol. The molecule has 3 aromatic rings. The summed E-state index contributed by atoms with van der Waals surface area (Å²) in [5.41, 5.74) is 1.98. The molecule has 3 atom stereocenters. The number of nitrogens with one attached hydrogen (secondary N) is 1. The smallest absolute Gasteiger partial charge is 0.322 e. The van der Waals surface area contributed by atoms with E-state index < -0.39 is 0 Å². The molecule has 2 aromatic carbocycles. The molecule has 6 nitrogen and oxygen atoms in total. The standard InChI is InChI=1S/C27H28N4O2/c32-27(29-21-7-4-10-23(16-21)33-22-8-2-1-3-9-22)31-18-24(20-6-5-13-28-17-20)26-25(31)19-11-14-30(26)15-12-19/h1-10,13,16-17,19,24-26H,11-12,14-15,18H2,(H,29,32). The van der Waals surface area contributed by atoms with E-state index in [1.54, 1.807) is 0 Å². The molecule has 1 aromatic heterocycles. The van der Waals surface area contributed by atoms with Crippen molar-refractivity contribution in [3.8, 4) is 11.5 Å². The summed E-state index contributed by atoms with van der Waals surface area (Å²) in [4.78, 5) is 22.6. The molecule has 168 valence electrons. The van der Waals surface area contributed by atoms with Gasteiger partial charge in [0.25, 0.3) is 0 Å². The van der Waals surface area contributed by atoms with Gasteiger partial charge in [-0.25, -0.2) is 4.79 Å². The topological polar surface area (TPSA) is 57.7 Å². The number of rotatable bonds is 4. The highest BCUT2D eigenvalue weighted by Crippen LogP contribution is 2.46. The number of para-hydroxylation sites is 1. The summed E-state index contributed by atoms with van der Waals surface area (Å²) >= 11 is 0. The van der Waals surface area contributed by atoms with Crippen molar-refractivity contribution in [2.45, 2.75) is 30.8 Å². The Bertz CT molecular complexity index is 1120. The number of urea groups is 1. The maximum Gasteiger partial charge on any atom is 0.322 e. The molecular formula is C27H28N4O2. The Morgan fingerprint density at radius 2 is 1.76 bits per heavy atom. The minimum atomic E-state index is -0.0259. The second-order valence-electron chi connectivity index (χ2n) is 9.27. The fourth-order valence-corrected chi connectivity index (χ4v) is 6.00. The first-order chi connectivity index (χ1) is 16.3. The van der Waals surface area contributed by atoms with Gasteiger partial charge in [0, 0.05) is 42.7 Å². The Morgan fingerprint density at radius 3 is 2.55 bits per heavy atom. The van der Waals surface area contributed by atoms with Crippen molar-refractivity contribution in [1.82, 2.24) is 14.8 Å². The van der Waals surface area contributed by atoms with Gasteiger partial charge < -0.3 is 15.0 Å². The molecule has 5 heterocycles. The van der Waals surface area contributed by atoms with Gasteiger partial charge in [-0.2, -0.15) is 0 Å². The Kier molecular flexibility index (Phi) is 5.23. The summed E-state index contributed by atoms with van der Waals surface area (Å²) in [6.45, 7) is 2.99. The van der Waals surface area contributed by atoms with E-state index in [1.165, 1.54) is 18.4 Å². The van der Waals surface area contributed by atoms with E-state index in [-0.39, 0.29) is 12.1 Å².